The van der Waals surface area contributed by atoms with E-state index in [4.69, 9.17) is 9.47 Å². The molecule has 0 N–H and O–H groups in total. The van der Waals surface area contributed by atoms with E-state index in [0.29, 0.717) is 28.5 Å². The van der Waals surface area contributed by atoms with Crippen LogP contribution in [0.4, 0.5) is 5.69 Å². The number of amides is 1. The van der Waals surface area contributed by atoms with Crippen LogP contribution in [-0.2, 0) is 4.79 Å². The average molecular weight is 384 g/mol. The Labute approximate surface area is 167 Å². The van der Waals surface area contributed by atoms with Gasteiger partial charge in [0.05, 0.1) is 11.4 Å². The topological polar surface area (TPSA) is 68.2 Å². The lowest BCUT2D eigenvalue weighted by atomic mass is 9.89. The number of fused-ring (bicyclic) bond motifs is 1. The molecule has 29 heavy (non-hydrogen) atoms. The van der Waals surface area contributed by atoms with Gasteiger partial charge in [0.1, 0.15) is 5.92 Å². The number of anilines is 1. The second kappa shape index (κ2) is 6.91. The summed E-state index contributed by atoms with van der Waals surface area (Å²) >= 11 is 0. The highest BCUT2D eigenvalue weighted by Gasteiger charge is 2.42. The molecule has 2 aliphatic rings. The molecule has 1 atom stereocenters. The van der Waals surface area contributed by atoms with Gasteiger partial charge in [-0.25, -0.2) is 0 Å². The fraction of sp³-hybridized carbons (Fsp3) is 0.0870. The van der Waals surface area contributed by atoms with Crippen molar-refractivity contribution in [3.63, 3.8) is 0 Å². The van der Waals surface area contributed by atoms with E-state index in [9.17, 15) is 9.59 Å². The summed E-state index contributed by atoms with van der Waals surface area (Å²) in [6.07, 6.45) is 0. The maximum atomic E-state index is 13.4. The predicted octanol–water partition coefficient (Wildman–Crippen LogP) is 3.67. The molecule has 0 saturated heterocycles. The molecule has 6 nitrogen and oxygen atoms in total. The number of carbonyl (C=O) groups excluding carboxylic acids is 2. The van der Waals surface area contributed by atoms with Gasteiger partial charge in [-0.3, -0.25) is 9.59 Å². The van der Waals surface area contributed by atoms with Crippen molar-refractivity contribution in [3.05, 3.63) is 90.0 Å². The van der Waals surface area contributed by atoms with Gasteiger partial charge in [0.15, 0.2) is 17.3 Å². The molecule has 0 fully saturated rings. The summed E-state index contributed by atoms with van der Waals surface area (Å²) in [5.74, 6) is -0.647. The number of rotatable bonds is 4. The summed E-state index contributed by atoms with van der Waals surface area (Å²) in [6.45, 7) is 0.119. The van der Waals surface area contributed by atoms with Crippen molar-refractivity contribution >= 4 is 23.1 Å². The summed E-state index contributed by atoms with van der Waals surface area (Å²) in [5, 5.41) is 5.84. The molecular weight excluding hydrogens is 368 g/mol. The molecule has 0 saturated carbocycles. The van der Waals surface area contributed by atoms with Gasteiger partial charge in [-0.2, -0.15) is 10.1 Å². The third-order valence-electron chi connectivity index (χ3n) is 4.93. The van der Waals surface area contributed by atoms with Crippen molar-refractivity contribution in [3.8, 4) is 11.5 Å². The molecule has 142 valence electrons. The Morgan fingerprint density at radius 2 is 1.59 bits per heavy atom. The average Bonchev–Trinajstić information content (AvgIpc) is 3.38. The second-order valence-electron chi connectivity index (χ2n) is 6.70. The summed E-state index contributed by atoms with van der Waals surface area (Å²) in [4.78, 5) is 26.7. The highest BCUT2D eigenvalue weighted by molar-refractivity contribution is 6.34. The van der Waals surface area contributed by atoms with Gasteiger partial charge in [-0.05, 0) is 35.9 Å². The monoisotopic (exact) mass is 384 g/mol. The van der Waals surface area contributed by atoms with Crippen LogP contribution in [-0.4, -0.2) is 24.2 Å². The zero-order valence-corrected chi connectivity index (χ0v) is 15.3. The molecule has 3 aromatic rings. The third kappa shape index (κ3) is 2.95. The SMILES string of the molecule is O=C(c1ccc2c(c1)OCO2)C1C(=O)N(c2ccccc2)N=C1c1ccccc1. The zero-order chi connectivity index (χ0) is 19.8. The molecule has 2 aliphatic heterocycles. The summed E-state index contributed by atoms with van der Waals surface area (Å²) in [5.41, 5.74) is 2.17. The Hall–Kier alpha value is -3.93. The van der Waals surface area contributed by atoms with Crippen LogP contribution in [0.3, 0.4) is 0 Å². The van der Waals surface area contributed by atoms with Crippen LogP contribution in [0, 0.1) is 5.92 Å². The maximum Gasteiger partial charge on any atom is 0.264 e. The highest BCUT2D eigenvalue weighted by atomic mass is 16.7. The quantitative estimate of drug-likeness (QED) is 0.508. The smallest absolute Gasteiger partial charge is 0.264 e. The lowest BCUT2D eigenvalue weighted by Crippen LogP contribution is -2.33. The summed E-state index contributed by atoms with van der Waals surface area (Å²) < 4.78 is 10.7. The van der Waals surface area contributed by atoms with E-state index in [-0.39, 0.29) is 18.5 Å². The second-order valence-corrected chi connectivity index (χ2v) is 6.70. The number of hydrogen-bond acceptors (Lipinski definition) is 5. The molecule has 0 spiro atoms. The van der Waals surface area contributed by atoms with Crippen molar-refractivity contribution in [2.45, 2.75) is 0 Å². The number of carbonyl (C=O) groups is 2. The molecule has 0 aromatic heterocycles. The Morgan fingerprint density at radius 3 is 2.34 bits per heavy atom. The minimum absolute atomic E-state index is 0.119. The van der Waals surface area contributed by atoms with Gasteiger partial charge in [0, 0.05) is 5.56 Å². The standard InChI is InChI=1S/C23H16N2O4/c26-22(16-11-12-18-19(13-16)29-14-28-18)20-21(15-7-3-1-4-8-15)24-25(23(20)27)17-9-5-2-6-10-17/h1-13,20H,14H2. The van der Waals surface area contributed by atoms with Crippen molar-refractivity contribution in [1.82, 2.24) is 0 Å². The number of Topliss-reactive ketones (excluding diaryl/α,β-unsaturated/α-hetero) is 1. The lowest BCUT2D eigenvalue weighted by Gasteiger charge is -2.14. The molecule has 0 radical (unpaired) electrons. The number of nitrogens with zero attached hydrogens (tertiary/aromatic N) is 2. The molecule has 6 heteroatoms. The molecule has 2 heterocycles. The van der Waals surface area contributed by atoms with Crippen molar-refractivity contribution in [2.24, 2.45) is 11.0 Å². The molecule has 3 aromatic carbocycles. The van der Waals surface area contributed by atoms with Crippen LogP contribution in [0.15, 0.2) is 84.0 Å². The van der Waals surface area contributed by atoms with Crippen LogP contribution >= 0.6 is 0 Å². The van der Waals surface area contributed by atoms with Gasteiger partial charge >= 0.3 is 0 Å². The lowest BCUT2D eigenvalue weighted by molar-refractivity contribution is -0.118. The van der Waals surface area contributed by atoms with E-state index in [2.05, 4.69) is 5.10 Å². The number of para-hydroxylation sites is 1. The number of ketones is 1. The van der Waals surface area contributed by atoms with Crippen molar-refractivity contribution < 1.29 is 19.1 Å². The van der Waals surface area contributed by atoms with Gasteiger partial charge in [0.25, 0.3) is 5.91 Å². The van der Waals surface area contributed by atoms with Crippen LogP contribution < -0.4 is 14.5 Å². The normalized spacial score (nSPS) is 17.4. The van der Waals surface area contributed by atoms with Gasteiger partial charge < -0.3 is 9.47 Å². The van der Waals surface area contributed by atoms with Crippen LogP contribution in [0.25, 0.3) is 0 Å². The number of benzene rings is 3. The number of hydrazone groups is 1. The van der Waals surface area contributed by atoms with Crippen LogP contribution in [0.2, 0.25) is 0 Å². The highest BCUT2D eigenvalue weighted by Crippen LogP contribution is 2.35. The first-order valence-electron chi connectivity index (χ1n) is 9.19. The first-order chi connectivity index (χ1) is 14.2. The van der Waals surface area contributed by atoms with E-state index in [1.165, 1.54) is 5.01 Å². The molecule has 1 amide bonds. The molecular formula is C23H16N2O4. The van der Waals surface area contributed by atoms with Gasteiger partial charge in [-0.15, -0.1) is 0 Å². The Morgan fingerprint density at radius 1 is 0.897 bits per heavy atom. The summed E-state index contributed by atoms with van der Waals surface area (Å²) in [6, 6.07) is 23.3. The third-order valence-corrected chi connectivity index (χ3v) is 4.93. The van der Waals surface area contributed by atoms with E-state index in [1.807, 2.05) is 48.5 Å². The first kappa shape index (κ1) is 17.2. The van der Waals surface area contributed by atoms with Crippen molar-refractivity contribution in [2.75, 3.05) is 11.8 Å². The van der Waals surface area contributed by atoms with Gasteiger partial charge in [-0.1, -0.05) is 48.5 Å². The molecule has 5 rings (SSSR count). The van der Waals surface area contributed by atoms with E-state index in [1.54, 1.807) is 30.3 Å². The Bertz CT molecular complexity index is 1130. The van der Waals surface area contributed by atoms with Crippen LogP contribution in [0.5, 0.6) is 11.5 Å². The minimum Gasteiger partial charge on any atom is -0.454 e. The fourth-order valence-electron chi connectivity index (χ4n) is 3.49. The minimum atomic E-state index is -1.03. The van der Waals surface area contributed by atoms with Gasteiger partial charge in [0.2, 0.25) is 6.79 Å². The summed E-state index contributed by atoms with van der Waals surface area (Å²) in [7, 11) is 0. The Balaban J connectivity index is 1.57. The Kier molecular flexibility index (Phi) is 4.09. The van der Waals surface area contributed by atoms with E-state index >= 15 is 0 Å². The van der Waals surface area contributed by atoms with Crippen LogP contribution in [0.1, 0.15) is 15.9 Å². The molecule has 0 aliphatic carbocycles. The molecule has 1 unspecified atom stereocenters. The number of hydrogen-bond donors (Lipinski definition) is 0. The van der Waals surface area contributed by atoms with Crippen molar-refractivity contribution in [1.29, 1.82) is 0 Å². The fourth-order valence-corrected chi connectivity index (χ4v) is 3.49. The zero-order valence-electron chi connectivity index (χ0n) is 15.3. The van der Waals surface area contributed by atoms with E-state index < -0.39 is 5.92 Å². The molecule has 0 bridgehead atoms. The largest absolute Gasteiger partial charge is 0.454 e. The van der Waals surface area contributed by atoms with E-state index in [0.717, 1.165) is 5.56 Å². The number of ether oxygens (including phenoxy) is 2. The predicted molar refractivity (Wildman–Crippen MR) is 107 cm³/mol. The maximum absolute atomic E-state index is 13.4. The first-order valence-corrected chi connectivity index (χ1v) is 9.19.